The van der Waals surface area contributed by atoms with Crippen molar-refractivity contribution in [1.29, 1.82) is 0 Å². The van der Waals surface area contributed by atoms with Crippen LogP contribution in [-0.2, 0) is 0 Å². The van der Waals surface area contributed by atoms with Crippen molar-refractivity contribution in [2.45, 2.75) is 6.10 Å². The third-order valence-electron chi connectivity index (χ3n) is 2.01. The normalized spacial score (nSPS) is 18.3. The Kier molecular flexibility index (Phi) is 2.69. The number of hydrogen-bond acceptors (Lipinski definition) is 3. The van der Waals surface area contributed by atoms with Crippen LogP contribution in [0.5, 0.6) is 5.75 Å². The molecule has 0 atom stereocenters. The van der Waals surface area contributed by atoms with Crippen LogP contribution in [0, 0.1) is 3.57 Å². The quantitative estimate of drug-likeness (QED) is 0.769. The van der Waals surface area contributed by atoms with Gasteiger partial charge in [0.25, 0.3) is 0 Å². The molecule has 0 saturated carbocycles. The second kappa shape index (κ2) is 3.79. The Morgan fingerprint density at radius 1 is 1.54 bits per heavy atom. The zero-order valence-corrected chi connectivity index (χ0v) is 9.56. The van der Waals surface area contributed by atoms with Gasteiger partial charge in [0.1, 0.15) is 11.9 Å². The van der Waals surface area contributed by atoms with E-state index in [0.717, 1.165) is 22.4 Å². The summed E-state index contributed by atoms with van der Waals surface area (Å²) in [6.45, 7) is 2.04. The molecule has 0 unspecified atom stereocenters. The van der Waals surface area contributed by atoms with Crippen molar-refractivity contribution < 1.29 is 4.74 Å². The number of rotatable bonds is 2. The van der Waals surface area contributed by atoms with Crippen LogP contribution >= 0.6 is 22.6 Å². The zero-order valence-electron chi connectivity index (χ0n) is 7.40. The fraction of sp³-hybridized carbons (Fsp3) is 0.444. The van der Waals surface area contributed by atoms with Gasteiger partial charge >= 0.3 is 0 Å². The summed E-state index contributed by atoms with van der Waals surface area (Å²) >= 11 is 2.23. The predicted octanol–water partition coefficient (Wildman–Crippen LogP) is 1.38. The van der Waals surface area contributed by atoms with Gasteiger partial charge in [-0.15, -0.1) is 0 Å². The monoisotopic (exact) mass is 290 g/mol. The lowest BCUT2D eigenvalue weighted by molar-refractivity contribution is 0.0385. The lowest BCUT2D eigenvalue weighted by Gasteiger charge is -2.35. The van der Waals surface area contributed by atoms with Crippen LogP contribution < -0.4 is 4.74 Å². The Morgan fingerprint density at radius 3 is 2.92 bits per heavy atom. The number of pyridine rings is 1. The van der Waals surface area contributed by atoms with E-state index in [4.69, 9.17) is 4.74 Å². The molecule has 1 aromatic rings. The molecular weight excluding hydrogens is 279 g/mol. The molecule has 0 aliphatic carbocycles. The summed E-state index contributed by atoms with van der Waals surface area (Å²) in [6, 6.07) is 2.01. The SMILES string of the molecule is CN1CC(Oc2cncc(I)c2)C1. The highest BCUT2D eigenvalue weighted by Gasteiger charge is 2.24. The van der Waals surface area contributed by atoms with Crippen LogP contribution in [0.3, 0.4) is 0 Å². The largest absolute Gasteiger partial charge is 0.486 e. The lowest BCUT2D eigenvalue weighted by Crippen LogP contribution is -2.51. The first-order valence-corrected chi connectivity index (χ1v) is 5.27. The molecule has 0 N–H and O–H groups in total. The van der Waals surface area contributed by atoms with E-state index in [1.165, 1.54) is 0 Å². The molecule has 3 nitrogen and oxygen atoms in total. The van der Waals surface area contributed by atoms with Gasteiger partial charge in [0.05, 0.1) is 6.20 Å². The molecule has 0 spiro atoms. The van der Waals surface area contributed by atoms with Crippen LogP contribution in [-0.4, -0.2) is 36.1 Å². The maximum atomic E-state index is 5.69. The standard InChI is InChI=1S/C9H11IN2O/c1-12-5-9(6-12)13-8-2-7(10)3-11-4-8/h2-4,9H,5-6H2,1H3. The Balaban J connectivity index is 1.94. The molecule has 13 heavy (non-hydrogen) atoms. The van der Waals surface area contributed by atoms with E-state index in [0.29, 0.717) is 6.10 Å². The first kappa shape index (κ1) is 9.21. The van der Waals surface area contributed by atoms with Crippen molar-refractivity contribution in [1.82, 2.24) is 9.88 Å². The lowest BCUT2D eigenvalue weighted by atomic mass is 10.2. The highest BCUT2D eigenvalue weighted by Crippen LogP contribution is 2.17. The van der Waals surface area contributed by atoms with Crippen LogP contribution in [0.4, 0.5) is 0 Å². The van der Waals surface area contributed by atoms with E-state index in [9.17, 15) is 0 Å². The number of halogens is 1. The van der Waals surface area contributed by atoms with Crippen molar-refractivity contribution in [3.63, 3.8) is 0 Å². The zero-order chi connectivity index (χ0) is 9.26. The molecule has 4 heteroatoms. The van der Waals surface area contributed by atoms with Crippen molar-refractivity contribution >= 4 is 22.6 Å². The Bertz CT molecular complexity index is 299. The summed E-state index contributed by atoms with van der Waals surface area (Å²) in [5.41, 5.74) is 0. The third kappa shape index (κ3) is 2.31. The van der Waals surface area contributed by atoms with Gasteiger partial charge in [0, 0.05) is 22.9 Å². The molecule has 70 valence electrons. The summed E-state index contributed by atoms with van der Waals surface area (Å²) in [5, 5.41) is 0. The second-order valence-electron chi connectivity index (χ2n) is 3.30. The fourth-order valence-electron chi connectivity index (χ4n) is 1.37. The van der Waals surface area contributed by atoms with Crippen LogP contribution in [0.2, 0.25) is 0 Å². The number of ether oxygens (including phenoxy) is 1. The minimum Gasteiger partial charge on any atom is -0.486 e. The van der Waals surface area contributed by atoms with Crippen molar-refractivity contribution in [3.05, 3.63) is 22.0 Å². The minimum absolute atomic E-state index is 0.352. The molecule has 1 fully saturated rings. The van der Waals surface area contributed by atoms with Crippen molar-refractivity contribution in [2.75, 3.05) is 20.1 Å². The van der Waals surface area contributed by atoms with Crippen LogP contribution in [0.15, 0.2) is 18.5 Å². The van der Waals surface area contributed by atoms with E-state index in [1.54, 1.807) is 6.20 Å². The number of hydrogen-bond donors (Lipinski definition) is 0. The Hall–Kier alpha value is -0.360. The summed E-state index contributed by atoms with van der Waals surface area (Å²) < 4.78 is 6.81. The number of nitrogens with zero attached hydrogens (tertiary/aromatic N) is 2. The van der Waals surface area contributed by atoms with Gasteiger partial charge in [0.15, 0.2) is 0 Å². The van der Waals surface area contributed by atoms with E-state index < -0.39 is 0 Å². The highest BCUT2D eigenvalue weighted by atomic mass is 127. The molecular formula is C9H11IN2O. The molecule has 0 amide bonds. The van der Waals surface area contributed by atoms with Crippen LogP contribution in [0.1, 0.15) is 0 Å². The average Bonchev–Trinajstić information content (AvgIpc) is 2.01. The number of likely N-dealkylation sites (N-methyl/N-ethyl adjacent to an activating group) is 1. The molecule has 1 saturated heterocycles. The predicted molar refractivity (Wildman–Crippen MR) is 58.9 cm³/mol. The van der Waals surface area contributed by atoms with E-state index in [-0.39, 0.29) is 0 Å². The summed E-state index contributed by atoms with van der Waals surface area (Å²) in [5.74, 6) is 0.880. The Labute approximate surface area is 91.2 Å². The minimum atomic E-state index is 0.352. The molecule has 1 aliphatic heterocycles. The van der Waals surface area contributed by atoms with E-state index >= 15 is 0 Å². The van der Waals surface area contributed by atoms with E-state index in [1.807, 2.05) is 12.3 Å². The van der Waals surface area contributed by atoms with Crippen molar-refractivity contribution in [2.24, 2.45) is 0 Å². The molecule has 2 heterocycles. The first-order chi connectivity index (χ1) is 6.24. The first-order valence-electron chi connectivity index (χ1n) is 4.20. The van der Waals surface area contributed by atoms with Gasteiger partial charge in [-0.1, -0.05) is 0 Å². The van der Waals surface area contributed by atoms with Crippen molar-refractivity contribution in [3.8, 4) is 5.75 Å². The summed E-state index contributed by atoms with van der Waals surface area (Å²) in [6.07, 6.45) is 3.94. The molecule has 1 aliphatic rings. The maximum Gasteiger partial charge on any atom is 0.139 e. The fourth-order valence-corrected chi connectivity index (χ4v) is 1.83. The second-order valence-corrected chi connectivity index (χ2v) is 4.55. The smallest absolute Gasteiger partial charge is 0.139 e. The van der Waals surface area contributed by atoms with Crippen LogP contribution in [0.25, 0.3) is 0 Å². The van der Waals surface area contributed by atoms with Gasteiger partial charge in [-0.25, -0.2) is 0 Å². The van der Waals surface area contributed by atoms with Gasteiger partial charge < -0.3 is 4.74 Å². The summed E-state index contributed by atoms with van der Waals surface area (Å²) in [4.78, 5) is 6.30. The van der Waals surface area contributed by atoms with E-state index in [2.05, 4.69) is 39.5 Å². The molecule has 0 radical (unpaired) electrons. The number of aromatic nitrogens is 1. The van der Waals surface area contributed by atoms with Gasteiger partial charge in [-0.2, -0.15) is 0 Å². The maximum absolute atomic E-state index is 5.69. The highest BCUT2D eigenvalue weighted by molar-refractivity contribution is 14.1. The molecule has 0 aromatic carbocycles. The molecule has 1 aromatic heterocycles. The average molecular weight is 290 g/mol. The van der Waals surface area contributed by atoms with Gasteiger partial charge in [-0.3, -0.25) is 9.88 Å². The topological polar surface area (TPSA) is 25.4 Å². The third-order valence-corrected chi connectivity index (χ3v) is 2.60. The number of likely N-dealkylation sites (tertiary alicyclic amines) is 1. The Morgan fingerprint density at radius 2 is 2.31 bits per heavy atom. The molecule has 0 bridgehead atoms. The molecule has 2 rings (SSSR count). The van der Waals surface area contributed by atoms with Gasteiger partial charge in [-0.05, 0) is 35.7 Å². The van der Waals surface area contributed by atoms with Gasteiger partial charge in [0.2, 0.25) is 0 Å². The summed E-state index contributed by atoms with van der Waals surface area (Å²) in [7, 11) is 2.09.